The molecule has 146 valence electrons. The van der Waals surface area contributed by atoms with Crippen LogP contribution in [0, 0.1) is 0 Å². The van der Waals surface area contributed by atoms with E-state index in [9.17, 15) is 0 Å². The number of nitrogens with one attached hydrogen (secondary N) is 2. The van der Waals surface area contributed by atoms with E-state index in [0.29, 0.717) is 30.8 Å². The van der Waals surface area contributed by atoms with E-state index in [0.717, 1.165) is 11.5 Å². The van der Waals surface area contributed by atoms with E-state index in [1.165, 1.54) is 0 Å². The fraction of sp³-hybridized carbons (Fsp3) is 0.611. The van der Waals surface area contributed by atoms with Gasteiger partial charge in [-0.1, -0.05) is 41.5 Å². The molecule has 2 heterocycles. The van der Waals surface area contributed by atoms with Crippen molar-refractivity contribution < 1.29 is 8.83 Å². The molecular formula is C18H30IN5O2. The maximum absolute atomic E-state index is 5.76. The number of hydrogen-bond acceptors (Lipinski definition) is 5. The van der Waals surface area contributed by atoms with Crippen LogP contribution in [0.3, 0.4) is 0 Å². The summed E-state index contributed by atoms with van der Waals surface area (Å²) in [6, 6.07) is 0. The number of hydrogen-bond donors (Lipinski definition) is 2. The second-order valence-corrected chi connectivity index (χ2v) is 8.02. The molecule has 2 aromatic heterocycles. The molecule has 0 radical (unpaired) electrons. The van der Waals surface area contributed by atoms with Gasteiger partial charge in [-0.3, -0.25) is 4.99 Å². The largest absolute Gasteiger partial charge is 0.443 e. The minimum Gasteiger partial charge on any atom is -0.443 e. The van der Waals surface area contributed by atoms with Crippen molar-refractivity contribution in [2.24, 2.45) is 4.99 Å². The molecule has 0 unspecified atom stereocenters. The minimum absolute atomic E-state index is 0. The topological polar surface area (TPSA) is 88.5 Å². The van der Waals surface area contributed by atoms with E-state index in [2.05, 4.69) is 67.1 Å². The summed E-state index contributed by atoms with van der Waals surface area (Å²) < 4.78 is 11.5. The van der Waals surface area contributed by atoms with Gasteiger partial charge in [0.1, 0.15) is 11.5 Å². The molecule has 0 aliphatic carbocycles. The van der Waals surface area contributed by atoms with Gasteiger partial charge in [-0.15, -0.1) is 24.0 Å². The smallest absolute Gasteiger partial charge is 0.213 e. The molecule has 0 aromatic carbocycles. The molecule has 0 saturated heterocycles. The fourth-order valence-electron chi connectivity index (χ4n) is 2.02. The minimum atomic E-state index is -0.0547. The van der Waals surface area contributed by atoms with Crippen LogP contribution in [0.2, 0.25) is 0 Å². The maximum Gasteiger partial charge on any atom is 0.213 e. The average molecular weight is 475 g/mol. The first-order valence-electron chi connectivity index (χ1n) is 8.44. The molecule has 26 heavy (non-hydrogen) atoms. The van der Waals surface area contributed by atoms with Crippen molar-refractivity contribution in [1.29, 1.82) is 0 Å². The van der Waals surface area contributed by atoms with E-state index in [1.807, 2.05) is 0 Å². The molecule has 8 heteroatoms. The molecule has 0 saturated carbocycles. The molecule has 7 nitrogen and oxygen atoms in total. The van der Waals surface area contributed by atoms with Gasteiger partial charge >= 0.3 is 0 Å². The standard InChI is InChI=1S/C18H29N5O2.HI/c1-17(2,3)12-8-20-14(24-12)10-22-16(19-7)23-11-15-21-9-13(25-15)18(4,5)6;/h8-9H,10-11H2,1-7H3,(H2,19,22,23);1H. The molecule has 2 rings (SSSR count). The molecule has 0 fully saturated rings. The third-order valence-corrected chi connectivity index (χ3v) is 3.62. The van der Waals surface area contributed by atoms with Crippen LogP contribution in [0.1, 0.15) is 64.8 Å². The van der Waals surface area contributed by atoms with E-state index in [-0.39, 0.29) is 34.8 Å². The Hall–Kier alpha value is -1.58. The summed E-state index contributed by atoms with van der Waals surface area (Å²) in [5, 5.41) is 6.34. The molecule has 2 N–H and O–H groups in total. The Kier molecular flexibility index (Phi) is 7.67. The molecule has 0 aliphatic heterocycles. The average Bonchev–Trinajstić information content (AvgIpc) is 3.15. The number of nitrogens with zero attached hydrogens (tertiary/aromatic N) is 3. The van der Waals surface area contributed by atoms with Crippen LogP contribution in [0.5, 0.6) is 0 Å². The molecule has 0 amide bonds. The SMILES string of the molecule is CN=C(NCc1ncc(C(C)(C)C)o1)NCc1ncc(C(C)(C)C)o1.I. The summed E-state index contributed by atoms with van der Waals surface area (Å²) in [5.74, 6) is 3.60. The number of aliphatic imine (C=N–C) groups is 1. The first-order valence-corrected chi connectivity index (χ1v) is 8.44. The van der Waals surface area contributed by atoms with Gasteiger partial charge in [0.15, 0.2) is 5.96 Å². The van der Waals surface area contributed by atoms with Crippen molar-refractivity contribution in [3.8, 4) is 0 Å². The van der Waals surface area contributed by atoms with Crippen LogP contribution in [-0.4, -0.2) is 23.0 Å². The van der Waals surface area contributed by atoms with Crippen molar-refractivity contribution >= 4 is 29.9 Å². The van der Waals surface area contributed by atoms with Crippen LogP contribution < -0.4 is 10.6 Å². The Morgan fingerprint density at radius 3 is 1.54 bits per heavy atom. The summed E-state index contributed by atoms with van der Waals surface area (Å²) in [5.41, 5.74) is -0.109. The number of guanidine groups is 1. The number of aromatic nitrogens is 2. The summed E-state index contributed by atoms with van der Waals surface area (Å²) in [6.07, 6.45) is 3.54. The summed E-state index contributed by atoms with van der Waals surface area (Å²) >= 11 is 0. The lowest BCUT2D eigenvalue weighted by atomic mass is 9.94. The van der Waals surface area contributed by atoms with Crippen molar-refractivity contribution in [2.75, 3.05) is 7.05 Å². The highest BCUT2D eigenvalue weighted by atomic mass is 127. The Bertz CT molecular complexity index is 664. The zero-order valence-corrected chi connectivity index (χ0v) is 19.0. The van der Waals surface area contributed by atoms with Gasteiger partial charge in [-0.2, -0.15) is 0 Å². The monoisotopic (exact) mass is 475 g/mol. The fourth-order valence-corrected chi connectivity index (χ4v) is 2.02. The summed E-state index contributed by atoms with van der Waals surface area (Å²) in [6.45, 7) is 13.5. The highest BCUT2D eigenvalue weighted by Gasteiger charge is 2.20. The zero-order chi connectivity index (χ0) is 18.7. The van der Waals surface area contributed by atoms with E-state index >= 15 is 0 Å². The summed E-state index contributed by atoms with van der Waals surface area (Å²) in [7, 11) is 1.71. The van der Waals surface area contributed by atoms with E-state index < -0.39 is 0 Å². The van der Waals surface area contributed by atoms with Crippen LogP contribution in [0.4, 0.5) is 0 Å². The Morgan fingerprint density at radius 2 is 1.27 bits per heavy atom. The normalized spacial score (nSPS) is 11.7. The maximum atomic E-state index is 5.76. The molecule has 0 spiro atoms. The number of oxazole rings is 2. The predicted octanol–water partition coefficient (Wildman–Crippen LogP) is 3.74. The Balaban J connectivity index is 0.00000338. The second-order valence-electron chi connectivity index (χ2n) is 8.02. The highest BCUT2D eigenvalue weighted by Crippen LogP contribution is 2.23. The Labute approximate surface area is 172 Å². The van der Waals surface area contributed by atoms with Gasteiger partial charge in [0.05, 0.1) is 25.5 Å². The molecule has 0 atom stereocenters. The quantitative estimate of drug-likeness (QED) is 0.398. The highest BCUT2D eigenvalue weighted by molar-refractivity contribution is 14.0. The first kappa shape index (κ1) is 22.5. The lowest BCUT2D eigenvalue weighted by Gasteiger charge is -2.13. The molecule has 0 bridgehead atoms. The lowest BCUT2D eigenvalue weighted by molar-refractivity contribution is 0.376. The number of halogens is 1. The second kappa shape index (κ2) is 8.88. The predicted molar refractivity (Wildman–Crippen MR) is 113 cm³/mol. The van der Waals surface area contributed by atoms with Crippen molar-refractivity contribution in [1.82, 2.24) is 20.6 Å². The van der Waals surface area contributed by atoms with Crippen LogP contribution >= 0.6 is 24.0 Å². The van der Waals surface area contributed by atoms with Gasteiger partial charge in [0.25, 0.3) is 0 Å². The van der Waals surface area contributed by atoms with Crippen molar-refractivity contribution in [3.63, 3.8) is 0 Å². The van der Waals surface area contributed by atoms with Crippen LogP contribution in [0.15, 0.2) is 26.2 Å². The van der Waals surface area contributed by atoms with Crippen molar-refractivity contribution in [3.05, 3.63) is 35.7 Å². The van der Waals surface area contributed by atoms with Gasteiger partial charge in [0, 0.05) is 17.9 Å². The van der Waals surface area contributed by atoms with Gasteiger partial charge < -0.3 is 19.5 Å². The van der Waals surface area contributed by atoms with Crippen molar-refractivity contribution in [2.45, 2.75) is 65.5 Å². The zero-order valence-electron chi connectivity index (χ0n) is 16.6. The molecule has 2 aromatic rings. The van der Waals surface area contributed by atoms with Gasteiger partial charge in [-0.05, 0) is 0 Å². The van der Waals surface area contributed by atoms with Crippen LogP contribution in [-0.2, 0) is 23.9 Å². The van der Waals surface area contributed by atoms with Gasteiger partial charge in [0.2, 0.25) is 11.8 Å². The third kappa shape index (κ3) is 6.30. The van der Waals surface area contributed by atoms with E-state index in [4.69, 9.17) is 8.83 Å². The van der Waals surface area contributed by atoms with Gasteiger partial charge in [-0.25, -0.2) is 9.97 Å². The summed E-state index contributed by atoms with van der Waals surface area (Å²) in [4.78, 5) is 12.8. The Morgan fingerprint density at radius 1 is 0.885 bits per heavy atom. The molecule has 0 aliphatic rings. The lowest BCUT2D eigenvalue weighted by Crippen LogP contribution is -2.36. The third-order valence-electron chi connectivity index (χ3n) is 3.62. The number of rotatable bonds is 4. The van der Waals surface area contributed by atoms with E-state index in [1.54, 1.807) is 19.4 Å². The van der Waals surface area contributed by atoms with Crippen LogP contribution in [0.25, 0.3) is 0 Å². The first-order chi connectivity index (χ1) is 11.6. The molecular weight excluding hydrogens is 445 g/mol.